The second kappa shape index (κ2) is 2.59. The van der Waals surface area contributed by atoms with Crippen molar-refractivity contribution in [3.8, 4) is 0 Å². The number of fused-ring (bicyclic) bond motifs is 1. The first-order valence-electron chi connectivity index (χ1n) is 3.18. The molecule has 6 nitrogen and oxygen atoms in total. The van der Waals surface area contributed by atoms with Gasteiger partial charge in [-0.3, -0.25) is 0 Å². The first-order chi connectivity index (χ1) is 5.81. The van der Waals surface area contributed by atoms with Crippen LogP contribution in [0.25, 0.3) is 5.78 Å². The Morgan fingerprint density at radius 3 is 3.08 bits per heavy atom. The molecular formula is C5H6N6S. The van der Waals surface area contributed by atoms with Gasteiger partial charge in [0.05, 0.1) is 0 Å². The third-order valence-electron chi connectivity index (χ3n) is 1.34. The van der Waals surface area contributed by atoms with Crippen molar-refractivity contribution >= 4 is 23.5 Å². The molecule has 0 spiro atoms. The normalized spacial score (nSPS) is 10.8. The molecule has 2 rings (SSSR count). The van der Waals surface area contributed by atoms with Crippen molar-refractivity contribution in [2.24, 2.45) is 0 Å². The van der Waals surface area contributed by atoms with Gasteiger partial charge in [0.2, 0.25) is 5.95 Å². The highest BCUT2D eigenvalue weighted by Gasteiger charge is 2.04. The maximum absolute atomic E-state index is 5.57. The van der Waals surface area contributed by atoms with E-state index in [-0.39, 0.29) is 0 Å². The summed E-state index contributed by atoms with van der Waals surface area (Å²) in [5.41, 5.74) is 5.57. The van der Waals surface area contributed by atoms with Gasteiger partial charge in [-0.15, -0.1) is 0 Å². The van der Waals surface area contributed by atoms with E-state index in [1.165, 1.54) is 22.6 Å². The fourth-order valence-electron chi connectivity index (χ4n) is 0.820. The highest BCUT2D eigenvalue weighted by Crippen LogP contribution is 2.10. The van der Waals surface area contributed by atoms with E-state index in [9.17, 15) is 0 Å². The topological polar surface area (TPSA) is 82.0 Å². The third-order valence-corrected chi connectivity index (χ3v) is 1.88. The van der Waals surface area contributed by atoms with Crippen LogP contribution in [-0.2, 0) is 0 Å². The first kappa shape index (κ1) is 7.29. The monoisotopic (exact) mass is 182 g/mol. The standard InChI is InChI=1S/C5H6N6S/c1-12-5-9-3(6)11-4(10-5)7-2-8-11/h2H,1H3,(H2,6,7,8,9,10). The molecule has 0 amide bonds. The molecule has 0 atom stereocenters. The predicted molar refractivity (Wildman–Crippen MR) is 44.8 cm³/mol. The van der Waals surface area contributed by atoms with Gasteiger partial charge in [-0.05, 0) is 6.26 Å². The number of hydrogen-bond acceptors (Lipinski definition) is 6. The van der Waals surface area contributed by atoms with Crippen molar-refractivity contribution in [2.75, 3.05) is 12.0 Å². The van der Waals surface area contributed by atoms with Gasteiger partial charge in [0.1, 0.15) is 6.33 Å². The Hall–Kier alpha value is -1.37. The fraction of sp³-hybridized carbons (Fsp3) is 0.200. The molecule has 0 unspecified atom stereocenters. The van der Waals surface area contributed by atoms with E-state index in [4.69, 9.17) is 5.73 Å². The van der Waals surface area contributed by atoms with Gasteiger partial charge in [0.15, 0.2) is 5.16 Å². The van der Waals surface area contributed by atoms with Gasteiger partial charge in [-0.2, -0.15) is 24.6 Å². The number of nitrogens with zero attached hydrogens (tertiary/aromatic N) is 5. The molecule has 12 heavy (non-hydrogen) atoms. The molecule has 7 heteroatoms. The van der Waals surface area contributed by atoms with Crippen LogP contribution in [0, 0.1) is 0 Å². The summed E-state index contributed by atoms with van der Waals surface area (Å²) in [7, 11) is 0. The molecule has 2 aromatic heterocycles. The summed E-state index contributed by atoms with van der Waals surface area (Å²) < 4.78 is 1.39. The van der Waals surface area contributed by atoms with Gasteiger partial charge in [0.25, 0.3) is 5.78 Å². The van der Waals surface area contributed by atoms with Crippen LogP contribution in [0.4, 0.5) is 5.95 Å². The van der Waals surface area contributed by atoms with Crippen molar-refractivity contribution in [3.05, 3.63) is 6.33 Å². The molecule has 2 N–H and O–H groups in total. The molecule has 0 bridgehead atoms. The van der Waals surface area contributed by atoms with Gasteiger partial charge in [-0.1, -0.05) is 11.8 Å². The van der Waals surface area contributed by atoms with Crippen molar-refractivity contribution in [2.45, 2.75) is 5.16 Å². The molecule has 0 saturated carbocycles. The maximum Gasteiger partial charge on any atom is 0.257 e. The third kappa shape index (κ3) is 0.981. The average molecular weight is 182 g/mol. The number of anilines is 1. The summed E-state index contributed by atoms with van der Waals surface area (Å²) in [5, 5.41) is 4.44. The van der Waals surface area contributed by atoms with E-state index < -0.39 is 0 Å². The lowest BCUT2D eigenvalue weighted by atomic mass is 10.9. The number of thioether (sulfide) groups is 1. The number of nitrogen functional groups attached to an aromatic ring is 1. The minimum atomic E-state index is 0.307. The Kier molecular flexibility index (Phi) is 1.58. The fourth-order valence-corrected chi connectivity index (χ4v) is 1.18. The van der Waals surface area contributed by atoms with Crippen LogP contribution in [0.3, 0.4) is 0 Å². The van der Waals surface area contributed by atoms with Gasteiger partial charge < -0.3 is 5.73 Å². The number of rotatable bonds is 1. The highest BCUT2D eigenvalue weighted by molar-refractivity contribution is 7.98. The van der Waals surface area contributed by atoms with E-state index in [1.54, 1.807) is 0 Å². The van der Waals surface area contributed by atoms with E-state index in [0.717, 1.165) is 0 Å². The molecule has 2 aromatic rings. The Labute approximate surface area is 72.2 Å². The molecule has 2 heterocycles. The molecule has 0 fully saturated rings. The van der Waals surface area contributed by atoms with Gasteiger partial charge in [0, 0.05) is 0 Å². The largest absolute Gasteiger partial charge is 0.368 e. The minimum absolute atomic E-state index is 0.307. The summed E-state index contributed by atoms with van der Waals surface area (Å²) in [6, 6.07) is 0. The van der Waals surface area contributed by atoms with Crippen molar-refractivity contribution in [1.29, 1.82) is 0 Å². The lowest BCUT2D eigenvalue weighted by molar-refractivity contribution is 0.850. The lowest BCUT2D eigenvalue weighted by Gasteiger charge is -1.97. The molecule has 0 aliphatic rings. The summed E-state index contributed by atoms with van der Waals surface area (Å²) in [6.45, 7) is 0. The van der Waals surface area contributed by atoms with Crippen LogP contribution in [0.2, 0.25) is 0 Å². The van der Waals surface area contributed by atoms with E-state index in [2.05, 4.69) is 20.1 Å². The Morgan fingerprint density at radius 1 is 1.50 bits per heavy atom. The number of aromatic nitrogens is 5. The van der Waals surface area contributed by atoms with E-state index >= 15 is 0 Å². The molecule has 0 aliphatic carbocycles. The SMILES string of the molecule is CSc1nc(N)n2ncnc2n1. The molecule has 0 aliphatic heterocycles. The molecule has 0 saturated heterocycles. The lowest BCUT2D eigenvalue weighted by Crippen LogP contribution is -2.04. The summed E-state index contributed by atoms with van der Waals surface area (Å²) in [4.78, 5) is 12.0. The second-order valence-electron chi connectivity index (χ2n) is 2.04. The zero-order chi connectivity index (χ0) is 8.55. The van der Waals surface area contributed by atoms with E-state index in [0.29, 0.717) is 16.9 Å². The van der Waals surface area contributed by atoms with Gasteiger partial charge in [-0.25, -0.2) is 0 Å². The zero-order valence-electron chi connectivity index (χ0n) is 6.30. The molecule has 62 valence electrons. The van der Waals surface area contributed by atoms with Crippen LogP contribution in [0.1, 0.15) is 0 Å². The smallest absolute Gasteiger partial charge is 0.257 e. The summed E-state index contributed by atoms with van der Waals surface area (Å²) in [6.07, 6.45) is 3.27. The highest BCUT2D eigenvalue weighted by atomic mass is 32.2. The second-order valence-corrected chi connectivity index (χ2v) is 2.81. The van der Waals surface area contributed by atoms with Crippen LogP contribution < -0.4 is 5.73 Å². The van der Waals surface area contributed by atoms with Gasteiger partial charge >= 0.3 is 0 Å². The summed E-state index contributed by atoms with van der Waals surface area (Å²) >= 11 is 1.42. The molecule has 0 radical (unpaired) electrons. The van der Waals surface area contributed by atoms with Crippen LogP contribution >= 0.6 is 11.8 Å². The summed E-state index contributed by atoms with van der Waals surface area (Å²) in [5.74, 6) is 0.786. The average Bonchev–Trinajstić information content (AvgIpc) is 2.52. The predicted octanol–water partition coefficient (Wildman–Crippen LogP) is -0.177. The number of hydrogen-bond donors (Lipinski definition) is 1. The van der Waals surface area contributed by atoms with Crippen LogP contribution in [0.5, 0.6) is 0 Å². The zero-order valence-corrected chi connectivity index (χ0v) is 7.12. The molecular weight excluding hydrogens is 176 g/mol. The van der Waals surface area contributed by atoms with E-state index in [1.807, 2.05) is 6.26 Å². The van der Waals surface area contributed by atoms with Crippen LogP contribution in [-0.4, -0.2) is 30.8 Å². The van der Waals surface area contributed by atoms with Crippen molar-refractivity contribution < 1.29 is 0 Å². The Balaban J connectivity index is 2.75. The Morgan fingerprint density at radius 2 is 2.33 bits per heavy atom. The van der Waals surface area contributed by atoms with Crippen LogP contribution in [0.15, 0.2) is 11.5 Å². The molecule has 0 aromatic carbocycles. The maximum atomic E-state index is 5.57. The Bertz CT molecular complexity index is 409. The number of nitrogens with two attached hydrogens (primary N) is 1. The first-order valence-corrected chi connectivity index (χ1v) is 4.41. The van der Waals surface area contributed by atoms with Crippen molar-refractivity contribution in [1.82, 2.24) is 24.6 Å². The minimum Gasteiger partial charge on any atom is -0.368 e. The van der Waals surface area contributed by atoms with Crippen molar-refractivity contribution in [3.63, 3.8) is 0 Å². The quantitative estimate of drug-likeness (QED) is 0.616.